The van der Waals surface area contributed by atoms with Crippen molar-refractivity contribution < 1.29 is 12.8 Å². The standard InChI is InChI=1S/C15H22FNO2S/c1-10-5-11(2)9-17(8-10)20(18,19)15-12(3)6-14(16)7-13(15)4/h6-7,10-11H,5,8-9H2,1-4H3. The maximum atomic E-state index is 13.4. The van der Waals surface area contributed by atoms with Crippen molar-refractivity contribution >= 4 is 10.0 Å². The highest BCUT2D eigenvalue weighted by atomic mass is 32.2. The van der Waals surface area contributed by atoms with Gasteiger partial charge in [-0.1, -0.05) is 13.8 Å². The molecule has 0 bridgehead atoms. The van der Waals surface area contributed by atoms with Gasteiger partial charge in [0.25, 0.3) is 0 Å². The van der Waals surface area contributed by atoms with Crippen LogP contribution in [-0.2, 0) is 10.0 Å². The summed E-state index contributed by atoms with van der Waals surface area (Å²) in [4.78, 5) is 0.264. The molecule has 2 unspecified atom stereocenters. The highest BCUT2D eigenvalue weighted by Crippen LogP contribution is 2.30. The summed E-state index contributed by atoms with van der Waals surface area (Å²) in [5, 5.41) is 0. The molecule has 0 aliphatic carbocycles. The molecular formula is C15H22FNO2S. The Hall–Kier alpha value is -0.940. The van der Waals surface area contributed by atoms with E-state index in [1.54, 1.807) is 18.2 Å². The zero-order chi connectivity index (χ0) is 15.1. The topological polar surface area (TPSA) is 37.4 Å². The van der Waals surface area contributed by atoms with Crippen molar-refractivity contribution in [2.75, 3.05) is 13.1 Å². The van der Waals surface area contributed by atoms with Crippen LogP contribution in [0.3, 0.4) is 0 Å². The first kappa shape index (κ1) is 15.4. The van der Waals surface area contributed by atoms with Gasteiger partial charge < -0.3 is 0 Å². The molecule has 1 heterocycles. The third kappa shape index (κ3) is 2.88. The minimum atomic E-state index is -3.54. The van der Waals surface area contributed by atoms with Crippen LogP contribution in [0.15, 0.2) is 17.0 Å². The van der Waals surface area contributed by atoms with Crippen LogP contribution in [0.1, 0.15) is 31.4 Å². The molecule has 0 N–H and O–H groups in total. The highest BCUT2D eigenvalue weighted by molar-refractivity contribution is 7.89. The Morgan fingerprint density at radius 1 is 1.10 bits per heavy atom. The zero-order valence-corrected chi connectivity index (χ0v) is 13.3. The molecule has 1 aliphatic rings. The van der Waals surface area contributed by atoms with Gasteiger partial charge in [0.1, 0.15) is 5.82 Å². The van der Waals surface area contributed by atoms with Crippen LogP contribution < -0.4 is 0 Å². The van der Waals surface area contributed by atoms with Crippen LogP contribution in [0.2, 0.25) is 0 Å². The fourth-order valence-electron chi connectivity index (χ4n) is 3.24. The van der Waals surface area contributed by atoms with E-state index in [9.17, 15) is 12.8 Å². The van der Waals surface area contributed by atoms with Crippen LogP contribution in [0.25, 0.3) is 0 Å². The Labute approximate surface area is 120 Å². The van der Waals surface area contributed by atoms with E-state index in [1.807, 2.05) is 0 Å². The summed E-state index contributed by atoms with van der Waals surface area (Å²) in [6, 6.07) is 2.58. The van der Waals surface area contributed by atoms with Gasteiger partial charge in [0.2, 0.25) is 10.0 Å². The number of aryl methyl sites for hydroxylation is 2. The molecule has 1 aromatic rings. The van der Waals surface area contributed by atoms with Gasteiger partial charge in [0, 0.05) is 13.1 Å². The van der Waals surface area contributed by atoms with Crippen molar-refractivity contribution in [3.8, 4) is 0 Å². The van der Waals surface area contributed by atoms with Crippen molar-refractivity contribution in [1.82, 2.24) is 4.31 Å². The summed E-state index contributed by atoms with van der Waals surface area (Å²) in [6.45, 7) is 8.54. The maximum absolute atomic E-state index is 13.4. The molecular weight excluding hydrogens is 277 g/mol. The molecule has 1 aliphatic heterocycles. The van der Waals surface area contributed by atoms with E-state index in [0.717, 1.165) is 6.42 Å². The molecule has 5 heteroatoms. The van der Waals surface area contributed by atoms with E-state index in [-0.39, 0.29) is 10.7 Å². The number of benzene rings is 1. The molecule has 2 atom stereocenters. The van der Waals surface area contributed by atoms with E-state index < -0.39 is 10.0 Å². The molecule has 1 aromatic carbocycles. The first-order valence-corrected chi connectivity index (χ1v) is 8.42. The van der Waals surface area contributed by atoms with Crippen molar-refractivity contribution in [2.45, 2.75) is 39.0 Å². The monoisotopic (exact) mass is 299 g/mol. The molecule has 0 saturated carbocycles. The molecule has 20 heavy (non-hydrogen) atoms. The molecule has 0 amide bonds. The van der Waals surface area contributed by atoms with E-state index in [1.165, 1.54) is 12.1 Å². The van der Waals surface area contributed by atoms with Gasteiger partial charge in [-0.25, -0.2) is 12.8 Å². The van der Waals surface area contributed by atoms with E-state index in [4.69, 9.17) is 0 Å². The smallest absolute Gasteiger partial charge is 0.207 e. The average molecular weight is 299 g/mol. The zero-order valence-electron chi connectivity index (χ0n) is 12.5. The lowest BCUT2D eigenvalue weighted by molar-refractivity contribution is 0.222. The highest BCUT2D eigenvalue weighted by Gasteiger charge is 2.33. The predicted octanol–water partition coefficient (Wildman–Crippen LogP) is 3.11. The summed E-state index contributed by atoms with van der Waals surface area (Å²) >= 11 is 0. The largest absolute Gasteiger partial charge is 0.243 e. The van der Waals surface area contributed by atoms with E-state index in [0.29, 0.717) is 36.1 Å². The van der Waals surface area contributed by atoms with Gasteiger partial charge in [-0.3, -0.25) is 0 Å². The lowest BCUT2D eigenvalue weighted by Gasteiger charge is -2.34. The minimum absolute atomic E-state index is 0.264. The first-order chi connectivity index (χ1) is 9.21. The van der Waals surface area contributed by atoms with Crippen LogP contribution in [0.5, 0.6) is 0 Å². The van der Waals surface area contributed by atoms with Gasteiger partial charge in [0.15, 0.2) is 0 Å². The molecule has 1 saturated heterocycles. The summed E-state index contributed by atoms with van der Waals surface area (Å²) in [5.74, 6) is 0.323. The first-order valence-electron chi connectivity index (χ1n) is 6.98. The molecule has 112 valence electrons. The molecule has 3 nitrogen and oxygen atoms in total. The molecule has 2 rings (SSSR count). The van der Waals surface area contributed by atoms with Gasteiger partial charge in [0.05, 0.1) is 4.90 Å². The maximum Gasteiger partial charge on any atom is 0.243 e. The summed E-state index contributed by atoms with van der Waals surface area (Å²) in [5.41, 5.74) is 0.960. The normalized spacial score (nSPS) is 24.9. The second kappa shape index (κ2) is 5.45. The second-order valence-corrected chi connectivity index (χ2v) is 8.01. The Balaban J connectivity index is 2.45. The van der Waals surface area contributed by atoms with Crippen molar-refractivity contribution in [3.05, 3.63) is 29.1 Å². The van der Waals surface area contributed by atoms with Gasteiger partial charge in [-0.05, 0) is 55.4 Å². The number of hydrogen-bond acceptors (Lipinski definition) is 2. The summed E-state index contributed by atoms with van der Waals surface area (Å²) in [6.07, 6.45) is 1.05. The lowest BCUT2D eigenvalue weighted by Crippen LogP contribution is -2.42. The lowest BCUT2D eigenvalue weighted by atomic mass is 9.94. The number of halogens is 1. The number of sulfonamides is 1. The predicted molar refractivity (Wildman–Crippen MR) is 77.6 cm³/mol. The number of rotatable bonds is 2. The third-order valence-electron chi connectivity index (χ3n) is 3.86. The van der Waals surface area contributed by atoms with Crippen LogP contribution >= 0.6 is 0 Å². The van der Waals surface area contributed by atoms with E-state index >= 15 is 0 Å². The molecule has 0 aromatic heterocycles. The van der Waals surface area contributed by atoms with Gasteiger partial charge in [-0.15, -0.1) is 0 Å². The summed E-state index contributed by atoms with van der Waals surface area (Å²) in [7, 11) is -3.54. The third-order valence-corrected chi connectivity index (χ3v) is 6.00. The minimum Gasteiger partial charge on any atom is -0.207 e. The fraction of sp³-hybridized carbons (Fsp3) is 0.600. The van der Waals surface area contributed by atoms with Gasteiger partial charge >= 0.3 is 0 Å². The Morgan fingerprint density at radius 2 is 1.55 bits per heavy atom. The Kier molecular flexibility index (Phi) is 4.21. The van der Waals surface area contributed by atoms with Crippen LogP contribution in [0, 0.1) is 31.5 Å². The SMILES string of the molecule is Cc1cc(F)cc(C)c1S(=O)(=O)N1CC(C)CC(C)C1. The van der Waals surface area contributed by atoms with Crippen molar-refractivity contribution in [3.63, 3.8) is 0 Å². The summed E-state index contributed by atoms with van der Waals surface area (Å²) < 4.78 is 40.6. The molecule has 0 radical (unpaired) electrons. The number of piperidine rings is 1. The van der Waals surface area contributed by atoms with E-state index in [2.05, 4.69) is 13.8 Å². The van der Waals surface area contributed by atoms with Crippen molar-refractivity contribution in [2.24, 2.45) is 11.8 Å². The van der Waals surface area contributed by atoms with Gasteiger partial charge in [-0.2, -0.15) is 4.31 Å². The molecule has 1 fully saturated rings. The second-order valence-electron chi connectivity index (χ2n) is 6.14. The van der Waals surface area contributed by atoms with Crippen LogP contribution in [-0.4, -0.2) is 25.8 Å². The fourth-order valence-corrected chi connectivity index (χ4v) is 5.33. The average Bonchev–Trinajstić information content (AvgIpc) is 2.25. The Bertz CT molecular complexity index is 579. The number of nitrogens with zero attached hydrogens (tertiary/aromatic N) is 1. The number of hydrogen-bond donors (Lipinski definition) is 0. The van der Waals surface area contributed by atoms with Crippen molar-refractivity contribution in [1.29, 1.82) is 0 Å². The van der Waals surface area contributed by atoms with Crippen LogP contribution in [0.4, 0.5) is 4.39 Å². The Morgan fingerprint density at radius 3 is 2.00 bits per heavy atom. The molecule has 0 spiro atoms. The quantitative estimate of drug-likeness (QED) is 0.841.